The number of likely N-dealkylation sites (N-methyl/N-ethyl adjacent to an activating group) is 1. The predicted molar refractivity (Wildman–Crippen MR) is 122 cm³/mol. The van der Waals surface area contributed by atoms with Gasteiger partial charge >= 0.3 is 5.69 Å². The molecule has 8 nitrogen and oxygen atoms in total. The summed E-state index contributed by atoms with van der Waals surface area (Å²) in [6.45, 7) is 2.17. The summed E-state index contributed by atoms with van der Waals surface area (Å²) in [5.41, 5.74) is 8.03. The van der Waals surface area contributed by atoms with Gasteiger partial charge in [0.2, 0.25) is 5.91 Å². The highest BCUT2D eigenvalue weighted by Gasteiger charge is 2.31. The number of hydrogen-bond donors (Lipinski definition) is 2. The highest BCUT2D eigenvalue weighted by atomic mass is 16.2. The van der Waals surface area contributed by atoms with Gasteiger partial charge in [-0.15, -0.1) is 0 Å². The number of aromatic amines is 1. The van der Waals surface area contributed by atoms with E-state index in [0.717, 1.165) is 23.2 Å². The summed E-state index contributed by atoms with van der Waals surface area (Å²) < 4.78 is 1.31. The number of rotatable bonds is 5. The second-order valence-electron chi connectivity index (χ2n) is 7.87. The molecule has 2 heterocycles. The standard InChI is InChI=1S/C23H25N5O3/c1-15-12-17-10-6-7-11-18(17)28(15)19(29)14-26(2)20-21(24)27(23(31)25-22(20)30)13-16-8-4-3-5-9-16/h3-11,15H,12-14,24H2,1-2H3,(H,25,30,31)/t15-/m0/s1. The topological polar surface area (TPSA) is 104 Å². The molecule has 2 aromatic carbocycles. The quantitative estimate of drug-likeness (QED) is 0.653. The fourth-order valence-corrected chi connectivity index (χ4v) is 4.17. The normalized spacial score (nSPS) is 15.0. The first kappa shape index (κ1) is 20.5. The maximum Gasteiger partial charge on any atom is 0.330 e. The molecule has 1 amide bonds. The Hall–Kier alpha value is -3.81. The molecule has 31 heavy (non-hydrogen) atoms. The third-order valence-corrected chi connectivity index (χ3v) is 5.63. The Morgan fingerprint density at radius 3 is 2.55 bits per heavy atom. The third kappa shape index (κ3) is 3.84. The van der Waals surface area contributed by atoms with Gasteiger partial charge in [-0.1, -0.05) is 48.5 Å². The lowest BCUT2D eigenvalue weighted by Crippen LogP contribution is -2.44. The van der Waals surface area contributed by atoms with Crippen LogP contribution in [0.15, 0.2) is 64.2 Å². The highest BCUT2D eigenvalue weighted by molar-refractivity contribution is 5.99. The van der Waals surface area contributed by atoms with E-state index in [9.17, 15) is 14.4 Å². The molecule has 4 rings (SSSR count). The van der Waals surface area contributed by atoms with Crippen molar-refractivity contribution in [2.24, 2.45) is 0 Å². The van der Waals surface area contributed by atoms with Gasteiger partial charge in [-0.2, -0.15) is 0 Å². The molecule has 8 heteroatoms. The van der Waals surface area contributed by atoms with Crippen LogP contribution in [-0.4, -0.2) is 35.1 Å². The van der Waals surface area contributed by atoms with Crippen molar-refractivity contribution in [3.8, 4) is 0 Å². The minimum atomic E-state index is -0.614. The summed E-state index contributed by atoms with van der Waals surface area (Å²) in [5, 5.41) is 0. The average molecular weight is 419 g/mol. The number of carbonyl (C=O) groups excluding carboxylic acids is 1. The first-order valence-electron chi connectivity index (χ1n) is 10.1. The number of nitrogens with two attached hydrogens (primary N) is 1. The molecule has 0 spiro atoms. The number of nitrogens with one attached hydrogen (secondary N) is 1. The summed E-state index contributed by atoms with van der Waals surface area (Å²) >= 11 is 0. The molecule has 3 aromatic rings. The van der Waals surface area contributed by atoms with E-state index in [1.165, 1.54) is 9.47 Å². The minimum absolute atomic E-state index is 0.0287. The lowest BCUT2D eigenvalue weighted by molar-refractivity contribution is -0.117. The molecule has 0 bridgehead atoms. The van der Waals surface area contributed by atoms with Crippen molar-refractivity contribution in [3.05, 3.63) is 86.6 Å². The van der Waals surface area contributed by atoms with Crippen LogP contribution in [0.5, 0.6) is 0 Å². The van der Waals surface area contributed by atoms with Crippen LogP contribution >= 0.6 is 0 Å². The van der Waals surface area contributed by atoms with Gasteiger partial charge in [0, 0.05) is 18.8 Å². The van der Waals surface area contributed by atoms with Gasteiger partial charge in [-0.25, -0.2) is 4.79 Å². The second kappa shape index (κ2) is 8.14. The van der Waals surface area contributed by atoms with Gasteiger partial charge in [-0.05, 0) is 30.5 Å². The predicted octanol–water partition coefficient (Wildman–Crippen LogP) is 1.58. The highest BCUT2D eigenvalue weighted by Crippen LogP contribution is 2.32. The SMILES string of the molecule is C[C@H]1Cc2ccccc2N1C(=O)CN(C)c1c(N)n(Cc2ccccc2)c(=O)[nH]c1=O. The van der Waals surface area contributed by atoms with Crippen LogP contribution in [0.3, 0.4) is 0 Å². The Morgan fingerprint density at radius 2 is 1.81 bits per heavy atom. The maximum absolute atomic E-state index is 13.1. The molecule has 160 valence electrons. The molecule has 0 saturated heterocycles. The molecule has 0 fully saturated rings. The molecule has 0 radical (unpaired) electrons. The number of fused-ring (bicyclic) bond motifs is 1. The van der Waals surface area contributed by atoms with E-state index < -0.39 is 11.2 Å². The fourth-order valence-electron chi connectivity index (χ4n) is 4.17. The number of H-pyrrole nitrogens is 1. The smallest absolute Gasteiger partial charge is 0.330 e. The van der Waals surface area contributed by atoms with Crippen molar-refractivity contribution < 1.29 is 4.79 Å². The van der Waals surface area contributed by atoms with Crippen LogP contribution in [0, 0.1) is 0 Å². The first-order chi connectivity index (χ1) is 14.9. The van der Waals surface area contributed by atoms with Crippen LogP contribution in [0.1, 0.15) is 18.1 Å². The van der Waals surface area contributed by atoms with E-state index in [2.05, 4.69) is 4.98 Å². The van der Waals surface area contributed by atoms with E-state index in [1.54, 1.807) is 11.9 Å². The van der Waals surface area contributed by atoms with Crippen molar-refractivity contribution in [3.63, 3.8) is 0 Å². The number of nitrogen functional groups attached to an aromatic ring is 1. The van der Waals surface area contributed by atoms with Gasteiger partial charge < -0.3 is 15.5 Å². The molecule has 0 saturated carbocycles. The number of aromatic nitrogens is 2. The van der Waals surface area contributed by atoms with Crippen molar-refractivity contribution >= 4 is 23.1 Å². The molecule has 0 aliphatic carbocycles. The number of para-hydroxylation sites is 1. The van der Waals surface area contributed by atoms with E-state index in [4.69, 9.17) is 5.73 Å². The number of nitrogens with zero attached hydrogens (tertiary/aromatic N) is 3. The van der Waals surface area contributed by atoms with Crippen molar-refractivity contribution in [1.82, 2.24) is 9.55 Å². The van der Waals surface area contributed by atoms with E-state index in [0.29, 0.717) is 0 Å². The molecule has 1 atom stereocenters. The van der Waals surface area contributed by atoms with Gasteiger partial charge in [0.25, 0.3) is 5.56 Å². The lowest BCUT2D eigenvalue weighted by Gasteiger charge is -2.27. The van der Waals surface area contributed by atoms with Crippen LogP contribution in [0.25, 0.3) is 0 Å². The monoisotopic (exact) mass is 419 g/mol. The Balaban J connectivity index is 1.62. The summed E-state index contributed by atoms with van der Waals surface area (Å²) in [4.78, 5) is 43.7. The summed E-state index contributed by atoms with van der Waals surface area (Å²) in [7, 11) is 1.63. The molecule has 0 unspecified atom stereocenters. The molecule has 1 aliphatic heterocycles. The molecular weight excluding hydrogens is 394 g/mol. The molecular formula is C23H25N5O3. The largest absolute Gasteiger partial charge is 0.383 e. The Bertz CT molecular complexity index is 1230. The Labute approximate surface area is 179 Å². The van der Waals surface area contributed by atoms with E-state index >= 15 is 0 Å². The van der Waals surface area contributed by atoms with Crippen molar-refractivity contribution in [2.45, 2.75) is 25.9 Å². The molecule has 3 N–H and O–H groups in total. The number of benzene rings is 2. The Kier molecular flexibility index (Phi) is 5.37. The number of hydrogen-bond acceptors (Lipinski definition) is 5. The third-order valence-electron chi connectivity index (χ3n) is 5.63. The van der Waals surface area contributed by atoms with Crippen molar-refractivity contribution in [2.75, 3.05) is 29.1 Å². The van der Waals surface area contributed by atoms with Crippen molar-refractivity contribution in [1.29, 1.82) is 0 Å². The first-order valence-corrected chi connectivity index (χ1v) is 10.1. The molecule has 1 aliphatic rings. The zero-order chi connectivity index (χ0) is 22.1. The van der Waals surface area contributed by atoms with Gasteiger partial charge in [0.15, 0.2) is 0 Å². The molecule has 1 aromatic heterocycles. The number of amides is 1. The number of carbonyl (C=O) groups is 1. The summed E-state index contributed by atoms with van der Waals surface area (Å²) in [6.07, 6.45) is 0.788. The van der Waals surface area contributed by atoms with Crippen LogP contribution in [0.4, 0.5) is 17.2 Å². The van der Waals surface area contributed by atoms with Gasteiger partial charge in [-0.3, -0.25) is 19.1 Å². The summed E-state index contributed by atoms with van der Waals surface area (Å²) in [5.74, 6) is -0.109. The number of anilines is 3. The average Bonchev–Trinajstić information content (AvgIpc) is 3.07. The van der Waals surface area contributed by atoms with Crippen LogP contribution in [-0.2, 0) is 17.8 Å². The van der Waals surface area contributed by atoms with Gasteiger partial charge in [0.05, 0.1) is 13.1 Å². The van der Waals surface area contributed by atoms with E-state index in [1.807, 2.05) is 61.5 Å². The van der Waals surface area contributed by atoms with Crippen LogP contribution < -0.4 is 26.8 Å². The van der Waals surface area contributed by atoms with Gasteiger partial charge in [0.1, 0.15) is 11.5 Å². The Morgan fingerprint density at radius 1 is 1.13 bits per heavy atom. The fraction of sp³-hybridized carbons (Fsp3) is 0.261. The maximum atomic E-state index is 13.1. The zero-order valence-corrected chi connectivity index (χ0v) is 17.5. The second-order valence-corrected chi connectivity index (χ2v) is 7.87. The van der Waals surface area contributed by atoms with E-state index in [-0.39, 0.29) is 36.5 Å². The van der Waals surface area contributed by atoms with Crippen LogP contribution in [0.2, 0.25) is 0 Å². The minimum Gasteiger partial charge on any atom is -0.383 e. The summed E-state index contributed by atoms with van der Waals surface area (Å²) in [6, 6.07) is 17.2. The zero-order valence-electron chi connectivity index (χ0n) is 17.5. The lowest BCUT2D eigenvalue weighted by atomic mass is 10.1.